The first-order valence-electron chi connectivity index (χ1n) is 8.45. The third-order valence-electron chi connectivity index (χ3n) is 3.89. The monoisotopic (exact) mass is 395 g/mol. The zero-order chi connectivity index (χ0) is 18.7. The second-order valence-electron chi connectivity index (χ2n) is 6.16. The van der Waals surface area contributed by atoms with Gasteiger partial charge in [0.2, 0.25) is 15.9 Å². The third kappa shape index (κ3) is 4.40. The lowest BCUT2D eigenvalue weighted by molar-refractivity contribution is -0.117. The topological polar surface area (TPSA) is 101 Å². The molecule has 140 valence electrons. The normalized spacial score (nSPS) is 14.8. The SMILES string of the molecule is CCCNS(=O)(=O)c1ccc(C=Cc2onc(C)c2NC(=O)C2CC2)s1. The average Bonchev–Trinajstić information content (AvgIpc) is 3.26. The van der Waals surface area contributed by atoms with Gasteiger partial charge in [-0.15, -0.1) is 11.3 Å². The molecule has 2 heterocycles. The Labute approximate surface area is 156 Å². The number of hydrogen-bond acceptors (Lipinski definition) is 6. The maximum atomic E-state index is 12.1. The fourth-order valence-corrected chi connectivity index (χ4v) is 4.66. The van der Waals surface area contributed by atoms with Gasteiger partial charge >= 0.3 is 0 Å². The van der Waals surface area contributed by atoms with Crippen molar-refractivity contribution in [1.29, 1.82) is 0 Å². The van der Waals surface area contributed by atoms with Crippen LogP contribution < -0.4 is 10.0 Å². The van der Waals surface area contributed by atoms with Crippen LogP contribution >= 0.6 is 11.3 Å². The second-order valence-corrected chi connectivity index (χ2v) is 9.27. The van der Waals surface area contributed by atoms with Crippen LogP contribution in [0.25, 0.3) is 12.2 Å². The fourth-order valence-electron chi connectivity index (χ4n) is 2.26. The largest absolute Gasteiger partial charge is 0.354 e. The highest BCUT2D eigenvalue weighted by Crippen LogP contribution is 2.32. The van der Waals surface area contributed by atoms with E-state index in [9.17, 15) is 13.2 Å². The van der Waals surface area contributed by atoms with Gasteiger partial charge in [0.05, 0.1) is 0 Å². The summed E-state index contributed by atoms with van der Waals surface area (Å²) in [5.41, 5.74) is 1.17. The summed E-state index contributed by atoms with van der Waals surface area (Å²) in [7, 11) is -3.47. The van der Waals surface area contributed by atoms with Crippen LogP contribution in [0, 0.1) is 12.8 Å². The van der Waals surface area contributed by atoms with Crippen molar-refractivity contribution < 1.29 is 17.7 Å². The first kappa shape index (κ1) is 18.8. The molecule has 1 amide bonds. The summed E-state index contributed by atoms with van der Waals surface area (Å²) in [5.74, 6) is 0.512. The maximum Gasteiger partial charge on any atom is 0.250 e. The summed E-state index contributed by atoms with van der Waals surface area (Å²) in [5, 5.41) is 6.76. The van der Waals surface area contributed by atoms with Gasteiger partial charge in [-0.25, -0.2) is 13.1 Å². The zero-order valence-corrected chi connectivity index (χ0v) is 16.2. The number of anilines is 1. The summed E-state index contributed by atoms with van der Waals surface area (Å²) in [6.45, 7) is 4.08. The smallest absolute Gasteiger partial charge is 0.250 e. The second kappa shape index (κ2) is 7.73. The highest BCUT2D eigenvalue weighted by molar-refractivity contribution is 7.91. The standard InChI is InChI=1S/C17H21N3O4S2/c1-3-10-18-26(22,23)15-9-7-13(25-15)6-8-14-16(11(2)20-24-14)19-17(21)12-4-5-12/h6-9,12,18H,3-5,10H2,1-2H3,(H,19,21). The molecule has 0 radical (unpaired) electrons. The van der Waals surface area contributed by atoms with Gasteiger partial charge < -0.3 is 9.84 Å². The number of sulfonamides is 1. The molecule has 0 aromatic carbocycles. The number of aromatic nitrogens is 1. The van der Waals surface area contributed by atoms with Crippen LogP contribution in [0.1, 0.15) is 42.5 Å². The van der Waals surface area contributed by atoms with Gasteiger partial charge in [0, 0.05) is 17.3 Å². The van der Waals surface area contributed by atoms with E-state index in [4.69, 9.17) is 4.52 Å². The van der Waals surface area contributed by atoms with Crippen LogP contribution in [0.5, 0.6) is 0 Å². The molecule has 9 heteroatoms. The van der Waals surface area contributed by atoms with Gasteiger partial charge in [-0.1, -0.05) is 12.1 Å². The Morgan fingerprint density at radius 3 is 2.85 bits per heavy atom. The highest BCUT2D eigenvalue weighted by Gasteiger charge is 2.30. The van der Waals surface area contributed by atoms with E-state index >= 15 is 0 Å². The van der Waals surface area contributed by atoms with E-state index in [1.165, 1.54) is 0 Å². The molecule has 2 aromatic heterocycles. The summed E-state index contributed by atoms with van der Waals surface area (Å²) >= 11 is 1.16. The molecule has 3 rings (SSSR count). The van der Waals surface area contributed by atoms with Gasteiger partial charge in [-0.2, -0.15) is 0 Å². The molecule has 0 aliphatic heterocycles. The number of aryl methyl sites for hydroxylation is 1. The number of amides is 1. The van der Waals surface area contributed by atoms with Crippen molar-refractivity contribution in [3.05, 3.63) is 28.5 Å². The zero-order valence-electron chi connectivity index (χ0n) is 14.6. The number of carbonyl (C=O) groups excluding carboxylic acids is 1. The van der Waals surface area contributed by atoms with Crippen LogP contribution in [0.2, 0.25) is 0 Å². The van der Waals surface area contributed by atoms with Crippen molar-refractivity contribution in [2.75, 3.05) is 11.9 Å². The summed E-state index contributed by atoms with van der Waals surface area (Å²) in [6.07, 6.45) is 6.00. The highest BCUT2D eigenvalue weighted by atomic mass is 32.2. The van der Waals surface area contributed by atoms with Crippen LogP contribution in [0.15, 0.2) is 20.9 Å². The van der Waals surface area contributed by atoms with Gasteiger partial charge in [-0.3, -0.25) is 4.79 Å². The van der Waals surface area contributed by atoms with E-state index in [-0.39, 0.29) is 16.0 Å². The number of rotatable bonds is 8. The Morgan fingerprint density at radius 1 is 1.38 bits per heavy atom. The molecule has 7 nitrogen and oxygen atoms in total. The lowest BCUT2D eigenvalue weighted by atomic mass is 10.2. The Morgan fingerprint density at radius 2 is 2.15 bits per heavy atom. The van der Waals surface area contributed by atoms with E-state index in [1.54, 1.807) is 31.2 Å². The van der Waals surface area contributed by atoms with Crippen LogP contribution in [-0.2, 0) is 14.8 Å². The molecule has 2 N–H and O–H groups in total. The quantitative estimate of drug-likeness (QED) is 0.714. The summed E-state index contributed by atoms with van der Waals surface area (Å²) in [4.78, 5) is 12.7. The minimum Gasteiger partial charge on any atom is -0.354 e. The van der Waals surface area contributed by atoms with Crippen molar-refractivity contribution in [2.24, 2.45) is 5.92 Å². The van der Waals surface area contributed by atoms with Gasteiger partial charge in [0.15, 0.2) is 5.76 Å². The number of nitrogens with zero attached hydrogens (tertiary/aromatic N) is 1. The van der Waals surface area contributed by atoms with Crippen molar-refractivity contribution >= 4 is 45.1 Å². The van der Waals surface area contributed by atoms with Gasteiger partial charge in [0.25, 0.3) is 0 Å². The molecule has 0 unspecified atom stereocenters. The van der Waals surface area contributed by atoms with E-state index in [0.717, 1.165) is 35.5 Å². The lowest BCUT2D eigenvalue weighted by Crippen LogP contribution is -2.23. The van der Waals surface area contributed by atoms with Crippen molar-refractivity contribution in [2.45, 2.75) is 37.3 Å². The Bertz CT molecular complexity index is 924. The summed E-state index contributed by atoms with van der Waals surface area (Å²) in [6, 6.07) is 3.30. The molecule has 0 bridgehead atoms. The molecule has 0 saturated heterocycles. The molecular formula is C17H21N3O4S2. The van der Waals surface area contributed by atoms with Crippen molar-refractivity contribution in [1.82, 2.24) is 9.88 Å². The minimum absolute atomic E-state index is 0.0162. The molecule has 2 aromatic rings. The summed E-state index contributed by atoms with van der Waals surface area (Å²) < 4.78 is 32.3. The molecule has 1 saturated carbocycles. The predicted molar refractivity (Wildman–Crippen MR) is 101 cm³/mol. The number of carbonyl (C=O) groups is 1. The molecule has 26 heavy (non-hydrogen) atoms. The molecule has 1 aliphatic rings. The van der Waals surface area contributed by atoms with E-state index in [1.807, 2.05) is 6.92 Å². The number of thiophene rings is 1. The van der Waals surface area contributed by atoms with Gasteiger partial charge in [-0.05, 0) is 50.5 Å². The van der Waals surface area contributed by atoms with Crippen LogP contribution in [0.4, 0.5) is 5.69 Å². The lowest BCUT2D eigenvalue weighted by Gasteiger charge is -2.02. The Hall–Kier alpha value is -1.97. The fraction of sp³-hybridized carbons (Fsp3) is 0.412. The van der Waals surface area contributed by atoms with E-state index in [2.05, 4.69) is 15.2 Å². The third-order valence-corrected chi connectivity index (χ3v) is 6.90. The Balaban J connectivity index is 1.74. The first-order chi connectivity index (χ1) is 12.4. The van der Waals surface area contributed by atoms with Crippen LogP contribution in [-0.4, -0.2) is 26.0 Å². The average molecular weight is 396 g/mol. The Kier molecular flexibility index (Phi) is 5.59. The number of hydrogen-bond donors (Lipinski definition) is 2. The molecule has 0 atom stereocenters. The van der Waals surface area contributed by atoms with Crippen molar-refractivity contribution in [3.8, 4) is 0 Å². The van der Waals surface area contributed by atoms with E-state index < -0.39 is 10.0 Å². The molecule has 1 fully saturated rings. The molecular weight excluding hydrogens is 374 g/mol. The number of nitrogens with one attached hydrogen (secondary N) is 2. The maximum absolute atomic E-state index is 12.1. The predicted octanol–water partition coefficient (Wildman–Crippen LogP) is 3.25. The minimum atomic E-state index is -3.47. The molecule has 1 aliphatic carbocycles. The van der Waals surface area contributed by atoms with Crippen LogP contribution in [0.3, 0.4) is 0 Å². The van der Waals surface area contributed by atoms with E-state index in [0.29, 0.717) is 23.7 Å². The first-order valence-corrected chi connectivity index (χ1v) is 10.8. The van der Waals surface area contributed by atoms with Crippen molar-refractivity contribution in [3.63, 3.8) is 0 Å². The van der Waals surface area contributed by atoms with Gasteiger partial charge in [0.1, 0.15) is 15.6 Å². The molecule has 0 spiro atoms.